The molecule has 0 bridgehead atoms. The van der Waals surface area contributed by atoms with E-state index in [1.807, 2.05) is 60.7 Å². The molecule has 0 saturated carbocycles. The molecule has 2 aromatic carbocycles. The van der Waals surface area contributed by atoms with Crippen LogP contribution < -0.4 is 21.0 Å². The Labute approximate surface area is 226 Å². The standard InChI is InChI=1S/C29H27N9O/c1-2-38(36-28(31)27-5-3-4-11-32-27)24-8-6-23(7-9-24)34-29-33-12-10-26(35-29)22-17-21(20-30)18-25(19-22)37-13-15-39-16-14-37/h2-12,17-19H,1,13-16H2,(H2,31,36)(H,33,34,35). The summed E-state index contributed by atoms with van der Waals surface area (Å²) >= 11 is 0. The molecule has 0 radical (unpaired) electrons. The van der Waals surface area contributed by atoms with Crippen molar-refractivity contribution < 1.29 is 4.74 Å². The molecule has 2 aromatic heterocycles. The van der Waals surface area contributed by atoms with E-state index in [0.717, 1.165) is 35.7 Å². The van der Waals surface area contributed by atoms with Crippen LogP contribution in [-0.2, 0) is 4.74 Å². The Hall–Kier alpha value is -5.27. The number of amidine groups is 1. The van der Waals surface area contributed by atoms with Gasteiger partial charge in [0.15, 0.2) is 5.84 Å². The largest absolute Gasteiger partial charge is 0.380 e. The lowest BCUT2D eigenvalue weighted by molar-refractivity contribution is 0.122. The lowest BCUT2D eigenvalue weighted by Crippen LogP contribution is -2.36. The van der Waals surface area contributed by atoms with Crippen LogP contribution in [0, 0.1) is 11.3 Å². The van der Waals surface area contributed by atoms with Crippen LogP contribution in [0.1, 0.15) is 11.3 Å². The fourth-order valence-corrected chi connectivity index (χ4v) is 4.12. The third kappa shape index (κ3) is 6.18. The molecule has 5 rings (SSSR count). The second-order valence-electron chi connectivity index (χ2n) is 8.64. The molecule has 3 N–H and O–H groups in total. The van der Waals surface area contributed by atoms with Crippen molar-refractivity contribution in [3.63, 3.8) is 0 Å². The molecule has 10 nitrogen and oxygen atoms in total. The Bertz CT molecular complexity index is 1510. The van der Waals surface area contributed by atoms with Crippen LogP contribution in [0.4, 0.5) is 23.0 Å². The minimum absolute atomic E-state index is 0.278. The molecule has 1 fully saturated rings. The number of aromatic nitrogens is 3. The topological polar surface area (TPSA) is 129 Å². The number of nitrogens with two attached hydrogens (primary N) is 1. The summed E-state index contributed by atoms with van der Waals surface area (Å²) in [4.78, 5) is 15.5. The van der Waals surface area contributed by atoms with Crippen molar-refractivity contribution in [3.05, 3.63) is 103 Å². The molecule has 1 aliphatic rings. The Morgan fingerprint density at radius 1 is 1.08 bits per heavy atom. The maximum absolute atomic E-state index is 9.60. The van der Waals surface area contributed by atoms with Crippen molar-refractivity contribution in [1.82, 2.24) is 15.0 Å². The minimum Gasteiger partial charge on any atom is -0.380 e. The van der Waals surface area contributed by atoms with E-state index in [4.69, 9.17) is 15.5 Å². The van der Waals surface area contributed by atoms with Crippen LogP contribution in [0.5, 0.6) is 0 Å². The van der Waals surface area contributed by atoms with Gasteiger partial charge in [-0.2, -0.15) is 5.26 Å². The fourth-order valence-electron chi connectivity index (χ4n) is 4.12. The first-order valence-corrected chi connectivity index (χ1v) is 12.4. The van der Waals surface area contributed by atoms with Crippen molar-refractivity contribution in [1.29, 1.82) is 5.26 Å². The van der Waals surface area contributed by atoms with E-state index in [-0.39, 0.29) is 5.84 Å². The van der Waals surface area contributed by atoms with Crippen molar-refractivity contribution in [2.75, 3.05) is 41.5 Å². The zero-order chi connectivity index (χ0) is 27.0. The van der Waals surface area contributed by atoms with Gasteiger partial charge in [0.05, 0.1) is 36.2 Å². The number of nitrogens with one attached hydrogen (secondary N) is 1. The smallest absolute Gasteiger partial charge is 0.227 e. The summed E-state index contributed by atoms with van der Waals surface area (Å²) in [5, 5.41) is 18.8. The second kappa shape index (κ2) is 11.9. The average Bonchev–Trinajstić information content (AvgIpc) is 3.01. The molecule has 3 heterocycles. The molecule has 0 amide bonds. The van der Waals surface area contributed by atoms with E-state index in [9.17, 15) is 5.26 Å². The molecule has 1 aliphatic heterocycles. The lowest BCUT2D eigenvalue weighted by atomic mass is 10.1. The van der Waals surface area contributed by atoms with Crippen LogP contribution in [-0.4, -0.2) is 47.1 Å². The van der Waals surface area contributed by atoms with Crippen LogP contribution in [0.3, 0.4) is 0 Å². The number of anilines is 4. The van der Waals surface area contributed by atoms with Gasteiger partial charge in [-0.1, -0.05) is 12.6 Å². The van der Waals surface area contributed by atoms with Crippen molar-refractivity contribution in [2.24, 2.45) is 10.8 Å². The van der Waals surface area contributed by atoms with Crippen molar-refractivity contribution in [2.45, 2.75) is 0 Å². The summed E-state index contributed by atoms with van der Waals surface area (Å²) in [6.45, 7) is 6.74. The Morgan fingerprint density at radius 3 is 2.62 bits per heavy atom. The number of benzene rings is 2. The molecular weight excluding hydrogens is 490 g/mol. The van der Waals surface area contributed by atoms with Crippen molar-refractivity contribution >= 4 is 28.8 Å². The SMILES string of the molecule is C=CN(/N=C(\N)c1ccccn1)c1ccc(Nc2nccc(-c3cc(C#N)cc(N4CCOCC4)c3)n2)cc1. The number of morpholine rings is 1. The van der Waals surface area contributed by atoms with Crippen molar-refractivity contribution in [3.8, 4) is 17.3 Å². The third-order valence-corrected chi connectivity index (χ3v) is 6.08. The highest BCUT2D eigenvalue weighted by molar-refractivity contribution is 5.96. The van der Waals surface area contributed by atoms with Crippen LogP contribution >= 0.6 is 0 Å². The molecule has 10 heteroatoms. The predicted molar refractivity (Wildman–Crippen MR) is 153 cm³/mol. The van der Waals surface area contributed by atoms with Gasteiger partial charge in [0.25, 0.3) is 0 Å². The highest BCUT2D eigenvalue weighted by Crippen LogP contribution is 2.27. The first kappa shape index (κ1) is 25.4. The number of nitriles is 1. The molecule has 1 saturated heterocycles. The van der Waals surface area contributed by atoms with E-state index in [0.29, 0.717) is 36.1 Å². The highest BCUT2D eigenvalue weighted by atomic mass is 16.5. The van der Waals surface area contributed by atoms with E-state index in [2.05, 4.69) is 37.9 Å². The lowest BCUT2D eigenvalue weighted by Gasteiger charge is -2.29. The average molecular weight is 518 g/mol. The molecule has 4 aromatic rings. The van der Waals surface area contributed by atoms with Gasteiger partial charge < -0.3 is 20.7 Å². The highest BCUT2D eigenvalue weighted by Gasteiger charge is 2.14. The van der Waals surface area contributed by atoms with Gasteiger partial charge in [0.1, 0.15) is 5.69 Å². The molecule has 0 atom stereocenters. The molecule has 39 heavy (non-hydrogen) atoms. The molecule has 0 aliphatic carbocycles. The minimum atomic E-state index is 0.278. The molecular formula is C29H27N9O. The summed E-state index contributed by atoms with van der Waals surface area (Å²) in [5.74, 6) is 0.716. The summed E-state index contributed by atoms with van der Waals surface area (Å²) in [5.41, 5.74) is 11.4. The summed E-state index contributed by atoms with van der Waals surface area (Å²) in [6, 6.07) is 22.9. The van der Waals surface area contributed by atoms with Gasteiger partial charge in [-0.3, -0.25) is 4.98 Å². The number of ether oxygens (including phenoxy) is 1. The zero-order valence-electron chi connectivity index (χ0n) is 21.2. The molecule has 0 unspecified atom stereocenters. The van der Waals surface area contributed by atoms with Gasteiger partial charge in [-0.25, -0.2) is 15.0 Å². The Balaban J connectivity index is 1.33. The number of pyridine rings is 1. The number of rotatable bonds is 8. The summed E-state index contributed by atoms with van der Waals surface area (Å²) in [7, 11) is 0. The van der Waals surface area contributed by atoms with E-state index in [1.54, 1.807) is 29.7 Å². The van der Waals surface area contributed by atoms with Gasteiger partial charge in [0, 0.05) is 48.6 Å². The summed E-state index contributed by atoms with van der Waals surface area (Å²) < 4.78 is 5.47. The Kier molecular flexibility index (Phi) is 7.71. The second-order valence-corrected chi connectivity index (χ2v) is 8.64. The van der Waals surface area contributed by atoms with Crippen LogP contribution in [0.15, 0.2) is 97.0 Å². The van der Waals surface area contributed by atoms with Gasteiger partial charge >= 0.3 is 0 Å². The van der Waals surface area contributed by atoms with E-state index < -0.39 is 0 Å². The first-order chi connectivity index (χ1) is 19.1. The molecule has 194 valence electrons. The number of hydrogen-bond donors (Lipinski definition) is 2. The number of hydrazone groups is 1. The zero-order valence-corrected chi connectivity index (χ0v) is 21.2. The fraction of sp³-hybridized carbons (Fsp3) is 0.138. The van der Waals surface area contributed by atoms with Crippen LogP contribution in [0.2, 0.25) is 0 Å². The van der Waals surface area contributed by atoms with Gasteiger partial charge in [-0.05, 0) is 60.7 Å². The van der Waals surface area contributed by atoms with E-state index >= 15 is 0 Å². The number of hydrogen-bond acceptors (Lipinski definition) is 9. The third-order valence-electron chi connectivity index (χ3n) is 6.08. The van der Waals surface area contributed by atoms with Gasteiger partial charge in [-0.15, -0.1) is 5.10 Å². The van der Waals surface area contributed by atoms with Gasteiger partial charge in [0.2, 0.25) is 5.95 Å². The normalized spacial score (nSPS) is 13.4. The first-order valence-electron chi connectivity index (χ1n) is 12.4. The van der Waals surface area contributed by atoms with Crippen LogP contribution in [0.25, 0.3) is 11.3 Å². The molecule has 0 spiro atoms. The monoisotopic (exact) mass is 517 g/mol. The Morgan fingerprint density at radius 2 is 1.90 bits per heavy atom. The summed E-state index contributed by atoms with van der Waals surface area (Å²) in [6.07, 6.45) is 4.93. The maximum Gasteiger partial charge on any atom is 0.227 e. The van der Waals surface area contributed by atoms with E-state index in [1.165, 1.54) is 0 Å². The maximum atomic E-state index is 9.60. The number of nitrogens with zero attached hydrogens (tertiary/aromatic N) is 7. The predicted octanol–water partition coefficient (Wildman–Crippen LogP) is 4.26. The quantitative estimate of drug-likeness (QED) is 0.200.